The topological polar surface area (TPSA) is 62.9 Å². The first-order chi connectivity index (χ1) is 8.86. The Labute approximate surface area is 118 Å². The third-order valence-corrected chi connectivity index (χ3v) is 7.00. The summed E-state index contributed by atoms with van der Waals surface area (Å²) in [5, 5.41) is 0. The fraction of sp³-hybridized carbons (Fsp3) is 1.00. The minimum Gasteiger partial charge on any atom is -0.377 e. The summed E-state index contributed by atoms with van der Waals surface area (Å²) in [4.78, 5) is 0. The average Bonchev–Trinajstić information content (AvgIpc) is 2.45. The molecule has 0 aliphatic carbocycles. The van der Waals surface area contributed by atoms with Gasteiger partial charge >= 0.3 is 8.80 Å². The van der Waals surface area contributed by atoms with Crippen LogP contribution in [0.5, 0.6) is 0 Å². The molecule has 0 saturated carbocycles. The molecule has 0 radical (unpaired) electrons. The zero-order valence-corrected chi connectivity index (χ0v) is 14.0. The van der Waals surface area contributed by atoms with E-state index in [4.69, 9.17) is 23.7 Å². The van der Waals surface area contributed by atoms with Crippen LogP contribution < -0.4 is 5.73 Å². The lowest BCUT2D eigenvalue weighted by molar-refractivity contribution is -0.213. The monoisotopic (exact) mass is 291 g/mol. The van der Waals surface area contributed by atoms with Gasteiger partial charge in [0, 0.05) is 40.2 Å². The van der Waals surface area contributed by atoms with Gasteiger partial charge in [-0.3, -0.25) is 0 Å². The van der Waals surface area contributed by atoms with E-state index in [2.05, 4.69) is 13.8 Å². The molecule has 6 heteroatoms. The molecule has 0 spiro atoms. The zero-order valence-electron chi connectivity index (χ0n) is 13.0. The van der Waals surface area contributed by atoms with Crippen molar-refractivity contribution in [1.82, 2.24) is 0 Å². The van der Waals surface area contributed by atoms with E-state index in [0.29, 0.717) is 6.54 Å². The third kappa shape index (κ3) is 4.24. The summed E-state index contributed by atoms with van der Waals surface area (Å²) < 4.78 is 22.9. The first-order valence-corrected chi connectivity index (χ1v) is 8.85. The number of hydrogen-bond donors (Lipinski definition) is 1. The molecular weight excluding hydrogens is 262 g/mol. The number of methoxy groups -OCH3 is 1. The number of rotatable bonds is 7. The smallest absolute Gasteiger partial charge is 0.377 e. The summed E-state index contributed by atoms with van der Waals surface area (Å²) in [6.45, 7) is 4.98. The summed E-state index contributed by atoms with van der Waals surface area (Å²) >= 11 is 0. The summed E-state index contributed by atoms with van der Waals surface area (Å²) in [6, 6.07) is 0.853. The van der Waals surface area contributed by atoms with Crippen molar-refractivity contribution in [2.24, 2.45) is 11.1 Å². The van der Waals surface area contributed by atoms with Gasteiger partial charge in [0.15, 0.2) is 5.79 Å². The number of nitrogens with two attached hydrogens (primary N) is 1. The lowest BCUT2D eigenvalue weighted by atomic mass is 9.85. The highest BCUT2D eigenvalue weighted by Gasteiger charge is 2.51. The van der Waals surface area contributed by atoms with Crippen molar-refractivity contribution in [2.45, 2.75) is 51.4 Å². The van der Waals surface area contributed by atoms with E-state index in [1.54, 1.807) is 21.3 Å². The number of hydrogen-bond acceptors (Lipinski definition) is 5. The predicted molar refractivity (Wildman–Crippen MR) is 76.7 cm³/mol. The average molecular weight is 291 g/mol. The Bertz CT molecular complexity index is 284. The van der Waals surface area contributed by atoms with Gasteiger partial charge in [0.05, 0.1) is 0 Å². The Hall–Kier alpha value is 0.0169. The molecule has 1 atom stereocenters. The minimum atomic E-state index is -2.55. The molecule has 1 aliphatic heterocycles. The normalized spacial score (nSPS) is 27.5. The van der Waals surface area contributed by atoms with Crippen LogP contribution in [0.4, 0.5) is 0 Å². The van der Waals surface area contributed by atoms with Crippen LogP contribution in [0.3, 0.4) is 0 Å². The van der Waals surface area contributed by atoms with E-state index in [-0.39, 0.29) is 5.41 Å². The molecule has 0 bridgehead atoms. The Morgan fingerprint density at radius 2 is 1.89 bits per heavy atom. The van der Waals surface area contributed by atoms with Gasteiger partial charge in [0.2, 0.25) is 0 Å². The fourth-order valence-electron chi connectivity index (χ4n) is 2.38. The molecule has 1 fully saturated rings. The first kappa shape index (κ1) is 17.1. The Balaban J connectivity index is 2.74. The Morgan fingerprint density at radius 3 is 2.37 bits per heavy atom. The SMILES string of the molecule is COC1(CCC(C)(C)CN)CCC[Si](OC)(OC)O1. The van der Waals surface area contributed by atoms with Gasteiger partial charge in [0.1, 0.15) is 0 Å². The van der Waals surface area contributed by atoms with Crippen LogP contribution in [-0.4, -0.2) is 42.5 Å². The van der Waals surface area contributed by atoms with E-state index < -0.39 is 14.6 Å². The maximum absolute atomic E-state index is 6.18. The second-order valence-corrected chi connectivity index (χ2v) is 8.92. The molecule has 0 aromatic rings. The van der Waals surface area contributed by atoms with Gasteiger partial charge in [-0.2, -0.15) is 0 Å². The molecule has 1 saturated heterocycles. The van der Waals surface area contributed by atoms with Crippen molar-refractivity contribution in [1.29, 1.82) is 0 Å². The highest BCUT2D eigenvalue weighted by atomic mass is 28.4. The summed E-state index contributed by atoms with van der Waals surface area (Å²) in [5.41, 5.74) is 5.88. The quantitative estimate of drug-likeness (QED) is 0.728. The molecule has 0 aromatic carbocycles. The molecule has 2 N–H and O–H groups in total. The predicted octanol–water partition coefficient (Wildman–Crippen LogP) is 2.14. The Morgan fingerprint density at radius 1 is 1.26 bits per heavy atom. The molecule has 0 amide bonds. The maximum Gasteiger partial charge on any atom is 0.502 e. The molecule has 1 heterocycles. The fourth-order valence-corrected chi connectivity index (χ4v) is 4.69. The molecule has 114 valence electrons. The van der Waals surface area contributed by atoms with E-state index >= 15 is 0 Å². The second-order valence-electron chi connectivity index (χ2n) is 6.03. The minimum absolute atomic E-state index is 0.0939. The van der Waals surface area contributed by atoms with Crippen LogP contribution >= 0.6 is 0 Å². The van der Waals surface area contributed by atoms with E-state index in [0.717, 1.165) is 31.7 Å². The first-order valence-electron chi connectivity index (χ1n) is 6.92. The largest absolute Gasteiger partial charge is 0.502 e. The van der Waals surface area contributed by atoms with Gasteiger partial charge in [-0.25, -0.2) is 0 Å². The van der Waals surface area contributed by atoms with Crippen LogP contribution in [0.15, 0.2) is 0 Å². The van der Waals surface area contributed by atoms with Gasteiger partial charge in [0.25, 0.3) is 0 Å². The van der Waals surface area contributed by atoms with Crippen molar-refractivity contribution in [2.75, 3.05) is 27.9 Å². The zero-order chi connectivity index (χ0) is 14.6. The van der Waals surface area contributed by atoms with Gasteiger partial charge in [-0.05, 0) is 24.8 Å². The lowest BCUT2D eigenvalue weighted by Crippen LogP contribution is -2.56. The van der Waals surface area contributed by atoms with Crippen molar-refractivity contribution < 1.29 is 18.0 Å². The standard InChI is InChI=1S/C13H29NO4Si/c1-12(2,11-14)8-9-13(15-3)7-6-10-19(16-4,17-5)18-13/h6-11,14H2,1-5H3. The van der Waals surface area contributed by atoms with Crippen molar-refractivity contribution in [3.8, 4) is 0 Å². The van der Waals surface area contributed by atoms with Gasteiger partial charge in [-0.1, -0.05) is 13.8 Å². The van der Waals surface area contributed by atoms with Crippen molar-refractivity contribution >= 4 is 8.80 Å². The van der Waals surface area contributed by atoms with Gasteiger partial charge in [-0.15, -0.1) is 0 Å². The molecule has 0 aromatic heterocycles. The third-order valence-electron chi connectivity index (χ3n) is 4.11. The van der Waals surface area contributed by atoms with Crippen molar-refractivity contribution in [3.63, 3.8) is 0 Å². The van der Waals surface area contributed by atoms with E-state index in [1.807, 2.05) is 0 Å². The lowest BCUT2D eigenvalue weighted by Gasteiger charge is -2.44. The van der Waals surface area contributed by atoms with Crippen LogP contribution in [0.1, 0.15) is 39.5 Å². The second kappa shape index (κ2) is 6.65. The highest BCUT2D eigenvalue weighted by molar-refractivity contribution is 6.60. The maximum atomic E-state index is 6.18. The molecule has 19 heavy (non-hydrogen) atoms. The van der Waals surface area contributed by atoms with Crippen LogP contribution in [0.2, 0.25) is 6.04 Å². The van der Waals surface area contributed by atoms with Gasteiger partial charge < -0.3 is 23.7 Å². The molecule has 1 rings (SSSR count). The number of ether oxygens (including phenoxy) is 1. The Kier molecular flexibility index (Phi) is 5.97. The summed E-state index contributed by atoms with van der Waals surface area (Å²) in [5.74, 6) is -0.580. The molecular formula is C13H29NO4Si. The summed E-state index contributed by atoms with van der Waals surface area (Å²) in [6.07, 6.45) is 3.65. The van der Waals surface area contributed by atoms with Crippen LogP contribution in [-0.2, 0) is 18.0 Å². The van der Waals surface area contributed by atoms with Crippen LogP contribution in [0, 0.1) is 5.41 Å². The van der Waals surface area contributed by atoms with Crippen molar-refractivity contribution in [3.05, 3.63) is 0 Å². The molecule has 1 unspecified atom stereocenters. The van der Waals surface area contributed by atoms with Crippen LogP contribution in [0.25, 0.3) is 0 Å². The summed E-state index contributed by atoms with van der Waals surface area (Å²) in [7, 11) is 2.47. The van der Waals surface area contributed by atoms with E-state index in [1.165, 1.54) is 0 Å². The molecule has 1 aliphatic rings. The highest BCUT2D eigenvalue weighted by Crippen LogP contribution is 2.39. The molecule has 5 nitrogen and oxygen atoms in total. The van der Waals surface area contributed by atoms with E-state index in [9.17, 15) is 0 Å².